The average Bonchev–Trinajstić information content (AvgIpc) is 2.03. The number of hydrogen-bond acceptors (Lipinski definition) is 1. The number of nitrogens with one attached hydrogen (secondary N) is 1. The molecule has 80 valence electrons. The minimum absolute atomic E-state index is 0.265. The predicted molar refractivity (Wildman–Crippen MR) is 61.0 cm³/mol. The summed E-state index contributed by atoms with van der Waals surface area (Å²) in [5, 5.41) is 3.59. The van der Waals surface area contributed by atoms with E-state index in [1.165, 1.54) is 12.8 Å². The smallest absolute Gasteiger partial charge is 0.00966 e. The minimum atomic E-state index is 0.265. The van der Waals surface area contributed by atoms with Crippen LogP contribution in [0.1, 0.15) is 54.4 Å². The van der Waals surface area contributed by atoms with E-state index in [2.05, 4.69) is 46.9 Å². The van der Waals surface area contributed by atoms with Crippen LogP contribution in [0.4, 0.5) is 0 Å². The van der Waals surface area contributed by atoms with E-state index >= 15 is 0 Å². The lowest BCUT2D eigenvalue weighted by Gasteiger charge is -2.27. The van der Waals surface area contributed by atoms with Gasteiger partial charge in [-0.1, -0.05) is 33.6 Å². The Morgan fingerprint density at radius 2 is 1.62 bits per heavy atom. The zero-order valence-corrected chi connectivity index (χ0v) is 10.3. The SMILES string of the molecule is CCC(C)C(CC)CNC(C)(C)C. The molecule has 0 amide bonds. The van der Waals surface area contributed by atoms with Gasteiger partial charge in [0.05, 0.1) is 0 Å². The second-order valence-corrected chi connectivity index (χ2v) is 5.18. The van der Waals surface area contributed by atoms with Crippen molar-refractivity contribution in [2.75, 3.05) is 6.54 Å². The summed E-state index contributed by atoms with van der Waals surface area (Å²) in [5.41, 5.74) is 0.265. The molecule has 2 atom stereocenters. The van der Waals surface area contributed by atoms with E-state index in [1.54, 1.807) is 0 Å². The van der Waals surface area contributed by atoms with Crippen molar-refractivity contribution in [3.63, 3.8) is 0 Å². The van der Waals surface area contributed by atoms with Crippen molar-refractivity contribution in [3.05, 3.63) is 0 Å². The molecule has 1 nitrogen and oxygen atoms in total. The highest BCUT2D eigenvalue weighted by atomic mass is 14.9. The molecule has 0 aliphatic carbocycles. The van der Waals surface area contributed by atoms with Crippen molar-refractivity contribution in [1.29, 1.82) is 0 Å². The Hall–Kier alpha value is -0.0400. The lowest BCUT2D eigenvalue weighted by atomic mass is 9.89. The standard InChI is InChI=1S/C12H27N/c1-7-10(3)11(8-2)9-13-12(4,5)6/h10-11,13H,7-9H2,1-6H3. The summed E-state index contributed by atoms with van der Waals surface area (Å²) in [4.78, 5) is 0. The van der Waals surface area contributed by atoms with Gasteiger partial charge < -0.3 is 5.32 Å². The molecule has 0 aliphatic heterocycles. The molecule has 0 aromatic carbocycles. The lowest BCUT2D eigenvalue weighted by molar-refractivity contribution is 0.287. The van der Waals surface area contributed by atoms with Crippen molar-refractivity contribution in [2.45, 2.75) is 59.9 Å². The fraction of sp³-hybridized carbons (Fsp3) is 1.00. The summed E-state index contributed by atoms with van der Waals surface area (Å²) in [7, 11) is 0. The lowest BCUT2D eigenvalue weighted by Crippen LogP contribution is -2.40. The van der Waals surface area contributed by atoms with Gasteiger partial charge in [-0.2, -0.15) is 0 Å². The van der Waals surface area contributed by atoms with E-state index in [0.29, 0.717) is 0 Å². The molecule has 0 aliphatic rings. The Kier molecular flexibility index (Phi) is 5.62. The Bertz CT molecular complexity index is 124. The van der Waals surface area contributed by atoms with Gasteiger partial charge in [-0.25, -0.2) is 0 Å². The van der Waals surface area contributed by atoms with Gasteiger partial charge in [-0.15, -0.1) is 0 Å². The molecule has 0 aromatic heterocycles. The minimum Gasteiger partial charge on any atom is -0.312 e. The van der Waals surface area contributed by atoms with E-state index in [4.69, 9.17) is 0 Å². The molecular formula is C12H27N. The van der Waals surface area contributed by atoms with Crippen LogP contribution in [0, 0.1) is 11.8 Å². The van der Waals surface area contributed by atoms with Crippen LogP contribution in [0.15, 0.2) is 0 Å². The summed E-state index contributed by atoms with van der Waals surface area (Å²) in [6.07, 6.45) is 2.59. The first-order valence-corrected chi connectivity index (χ1v) is 5.65. The highest BCUT2D eigenvalue weighted by Crippen LogP contribution is 2.18. The van der Waals surface area contributed by atoms with E-state index in [0.717, 1.165) is 18.4 Å². The maximum atomic E-state index is 3.59. The van der Waals surface area contributed by atoms with Crippen molar-refractivity contribution in [1.82, 2.24) is 5.32 Å². The van der Waals surface area contributed by atoms with Crippen molar-refractivity contribution < 1.29 is 0 Å². The molecule has 1 heteroatoms. The first-order valence-electron chi connectivity index (χ1n) is 5.65. The summed E-state index contributed by atoms with van der Waals surface area (Å²) < 4.78 is 0. The van der Waals surface area contributed by atoms with E-state index in [-0.39, 0.29) is 5.54 Å². The fourth-order valence-corrected chi connectivity index (χ4v) is 1.52. The number of rotatable bonds is 5. The Labute approximate surface area is 84.3 Å². The molecule has 0 spiro atoms. The second kappa shape index (κ2) is 5.64. The zero-order valence-electron chi connectivity index (χ0n) is 10.3. The highest BCUT2D eigenvalue weighted by Gasteiger charge is 2.16. The first kappa shape index (κ1) is 13.0. The molecule has 1 N–H and O–H groups in total. The second-order valence-electron chi connectivity index (χ2n) is 5.18. The maximum Gasteiger partial charge on any atom is 0.00966 e. The van der Waals surface area contributed by atoms with Gasteiger partial charge in [0, 0.05) is 5.54 Å². The van der Waals surface area contributed by atoms with Gasteiger partial charge in [-0.05, 0) is 39.2 Å². The number of hydrogen-bond donors (Lipinski definition) is 1. The van der Waals surface area contributed by atoms with Gasteiger partial charge in [-0.3, -0.25) is 0 Å². The van der Waals surface area contributed by atoms with Gasteiger partial charge in [0.25, 0.3) is 0 Å². The quantitative estimate of drug-likeness (QED) is 0.692. The molecule has 2 unspecified atom stereocenters. The van der Waals surface area contributed by atoms with Crippen LogP contribution >= 0.6 is 0 Å². The molecule has 0 radical (unpaired) electrons. The van der Waals surface area contributed by atoms with Crippen LogP contribution in [0.3, 0.4) is 0 Å². The third kappa shape index (κ3) is 6.09. The Morgan fingerprint density at radius 3 is 1.92 bits per heavy atom. The third-order valence-electron chi connectivity index (χ3n) is 2.87. The average molecular weight is 185 g/mol. The Morgan fingerprint density at radius 1 is 1.08 bits per heavy atom. The summed E-state index contributed by atoms with van der Waals surface area (Å²) in [6.45, 7) is 14.8. The fourth-order valence-electron chi connectivity index (χ4n) is 1.52. The highest BCUT2D eigenvalue weighted by molar-refractivity contribution is 4.74. The topological polar surface area (TPSA) is 12.0 Å². The normalized spacial score (nSPS) is 17.1. The summed E-state index contributed by atoms with van der Waals surface area (Å²) in [6, 6.07) is 0. The maximum absolute atomic E-state index is 3.59. The van der Waals surface area contributed by atoms with Gasteiger partial charge in [0.2, 0.25) is 0 Å². The first-order chi connectivity index (χ1) is 5.90. The van der Waals surface area contributed by atoms with Crippen LogP contribution in [0.5, 0.6) is 0 Å². The van der Waals surface area contributed by atoms with E-state index in [1.807, 2.05) is 0 Å². The van der Waals surface area contributed by atoms with Crippen LogP contribution in [-0.4, -0.2) is 12.1 Å². The molecule has 0 rings (SSSR count). The van der Waals surface area contributed by atoms with Gasteiger partial charge >= 0.3 is 0 Å². The molecule has 0 bridgehead atoms. The molecule has 0 saturated carbocycles. The molecule has 13 heavy (non-hydrogen) atoms. The molecule has 0 saturated heterocycles. The molecule has 0 heterocycles. The van der Waals surface area contributed by atoms with Crippen LogP contribution < -0.4 is 5.32 Å². The molecular weight excluding hydrogens is 158 g/mol. The Balaban J connectivity index is 3.85. The van der Waals surface area contributed by atoms with Crippen LogP contribution in [0.2, 0.25) is 0 Å². The largest absolute Gasteiger partial charge is 0.312 e. The third-order valence-corrected chi connectivity index (χ3v) is 2.87. The van der Waals surface area contributed by atoms with E-state index < -0.39 is 0 Å². The predicted octanol–water partition coefficient (Wildman–Crippen LogP) is 3.45. The summed E-state index contributed by atoms with van der Waals surface area (Å²) in [5.74, 6) is 1.68. The van der Waals surface area contributed by atoms with Gasteiger partial charge in [0.15, 0.2) is 0 Å². The van der Waals surface area contributed by atoms with Crippen molar-refractivity contribution >= 4 is 0 Å². The monoisotopic (exact) mass is 185 g/mol. The van der Waals surface area contributed by atoms with Crippen LogP contribution in [0.25, 0.3) is 0 Å². The van der Waals surface area contributed by atoms with Crippen LogP contribution in [-0.2, 0) is 0 Å². The van der Waals surface area contributed by atoms with Gasteiger partial charge in [0.1, 0.15) is 0 Å². The van der Waals surface area contributed by atoms with Crippen molar-refractivity contribution in [3.8, 4) is 0 Å². The molecule has 0 aromatic rings. The van der Waals surface area contributed by atoms with Crippen molar-refractivity contribution in [2.24, 2.45) is 11.8 Å². The van der Waals surface area contributed by atoms with E-state index in [9.17, 15) is 0 Å². The summed E-state index contributed by atoms with van der Waals surface area (Å²) >= 11 is 0. The zero-order chi connectivity index (χ0) is 10.5. The molecule has 0 fully saturated rings.